The second-order valence-corrected chi connectivity index (χ2v) is 8.06. The van der Waals surface area contributed by atoms with Gasteiger partial charge in [0, 0.05) is 0 Å². The monoisotopic (exact) mass is 400 g/mol. The zero-order chi connectivity index (χ0) is 20.0. The lowest BCUT2D eigenvalue weighted by atomic mass is 10.2. The Labute approximate surface area is 156 Å². The summed E-state index contributed by atoms with van der Waals surface area (Å²) < 4.78 is 38.8. The van der Waals surface area contributed by atoms with Crippen LogP contribution >= 0.6 is 0 Å². The summed E-state index contributed by atoms with van der Waals surface area (Å²) in [6.45, 7) is -0.0681. The van der Waals surface area contributed by atoms with Gasteiger partial charge in [-0.05, 0) is 30.5 Å². The Kier molecular flexibility index (Phi) is 6.92. The largest absolute Gasteiger partial charge is 0.503 e. The molecule has 0 spiro atoms. The summed E-state index contributed by atoms with van der Waals surface area (Å²) in [4.78, 5) is 28.9. The summed E-state index contributed by atoms with van der Waals surface area (Å²) in [6.07, 6.45) is 2.97. The normalized spacial score (nSPS) is 15.6. The number of aliphatic hydroxyl groups is 1. The number of hydrogen-bond acceptors (Lipinski definition) is 6. The molecular weight excluding hydrogens is 379 g/mol. The highest BCUT2D eigenvalue weighted by Gasteiger charge is 2.31. The van der Waals surface area contributed by atoms with Crippen LogP contribution in [0.5, 0.6) is 0 Å². The topological polar surface area (TPSA) is 113 Å². The van der Waals surface area contributed by atoms with Crippen molar-refractivity contribution in [3.05, 3.63) is 47.5 Å². The summed E-state index contributed by atoms with van der Waals surface area (Å²) in [6, 6.07) is 5.31. The van der Waals surface area contributed by atoms with Gasteiger partial charge in [0.15, 0.2) is 5.76 Å². The first-order valence-corrected chi connectivity index (χ1v) is 9.84. The van der Waals surface area contributed by atoms with Gasteiger partial charge in [-0.3, -0.25) is 14.4 Å². The van der Waals surface area contributed by atoms with E-state index in [1.54, 1.807) is 4.72 Å². The molecule has 2 rings (SSSR count). The fourth-order valence-electron chi connectivity index (χ4n) is 2.71. The predicted molar refractivity (Wildman–Crippen MR) is 94.0 cm³/mol. The first kappa shape index (κ1) is 20.8. The number of amides is 2. The quantitative estimate of drug-likeness (QED) is 0.408. The van der Waals surface area contributed by atoms with Gasteiger partial charge in [-0.25, -0.2) is 22.6 Å². The third-order valence-electron chi connectivity index (χ3n) is 4.17. The van der Waals surface area contributed by atoms with Crippen LogP contribution in [0.2, 0.25) is 0 Å². The van der Waals surface area contributed by atoms with E-state index in [-0.39, 0.29) is 6.54 Å². The Bertz CT molecular complexity index is 816. The molecule has 0 bridgehead atoms. The molecular formula is C17H21FN2O6S. The van der Waals surface area contributed by atoms with E-state index in [0.29, 0.717) is 24.5 Å². The van der Waals surface area contributed by atoms with Crippen molar-refractivity contribution in [2.45, 2.75) is 37.5 Å². The number of aliphatic hydroxyl groups excluding tert-OH is 1. The molecule has 1 aromatic rings. The van der Waals surface area contributed by atoms with Crippen molar-refractivity contribution >= 4 is 21.8 Å². The molecule has 148 valence electrons. The zero-order valence-electron chi connectivity index (χ0n) is 14.7. The minimum absolute atomic E-state index is 0.0681. The average molecular weight is 400 g/mol. The number of nitrogens with one attached hydrogen (secondary N) is 1. The number of carbonyl (C=O) groups is 2. The second kappa shape index (κ2) is 8.96. The van der Waals surface area contributed by atoms with Crippen molar-refractivity contribution in [3.63, 3.8) is 0 Å². The number of rotatable bonds is 7. The Morgan fingerprint density at radius 3 is 2.44 bits per heavy atom. The zero-order valence-corrected chi connectivity index (χ0v) is 15.5. The maximum Gasteiger partial charge on any atom is 0.299 e. The SMILES string of the molecule is CON(Cc1ccc(F)cc1)C(=O)C=C(O)C(=O)NS(=O)(=O)C1CCCC1. The molecule has 0 radical (unpaired) electrons. The fraction of sp³-hybridized carbons (Fsp3) is 0.412. The van der Waals surface area contributed by atoms with E-state index in [2.05, 4.69) is 0 Å². The molecule has 1 saturated carbocycles. The van der Waals surface area contributed by atoms with E-state index >= 15 is 0 Å². The minimum atomic E-state index is -3.91. The lowest BCUT2D eigenvalue weighted by Gasteiger charge is -2.18. The van der Waals surface area contributed by atoms with Gasteiger partial charge in [0.05, 0.1) is 25.0 Å². The highest BCUT2D eigenvalue weighted by Crippen LogP contribution is 2.24. The number of benzene rings is 1. The van der Waals surface area contributed by atoms with Crippen LogP contribution in [0.4, 0.5) is 4.39 Å². The molecule has 8 nitrogen and oxygen atoms in total. The molecule has 2 amide bonds. The number of hydrogen-bond donors (Lipinski definition) is 2. The standard InChI is InChI=1S/C17H21FN2O6S/c1-26-20(11-12-6-8-13(18)9-7-12)16(22)10-15(21)17(23)19-27(24,25)14-4-2-3-5-14/h6-10,14,21H,2-5,11H2,1H3,(H,19,23). The highest BCUT2D eigenvalue weighted by molar-refractivity contribution is 7.90. The molecule has 1 aliphatic rings. The van der Waals surface area contributed by atoms with Crippen molar-refractivity contribution in [3.8, 4) is 0 Å². The van der Waals surface area contributed by atoms with Gasteiger partial charge in [-0.2, -0.15) is 0 Å². The maximum atomic E-state index is 12.9. The van der Waals surface area contributed by atoms with Crippen molar-refractivity contribution in [2.24, 2.45) is 0 Å². The minimum Gasteiger partial charge on any atom is -0.503 e. The van der Waals surface area contributed by atoms with E-state index in [0.717, 1.165) is 17.9 Å². The van der Waals surface area contributed by atoms with Gasteiger partial charge in [0.25, 0.3) is 11.8 Å². The predicted octanol–water partition coefficient (Wildman–Crippen LogP) is 1.55. The van der Waals surface area contributed by atoms with E-state index in [1.807, 2.05) is 0 Å². The van der Waals surface area contributed by atoms with Gasteiger partial charge in [-0.1, -0.05) is 25.0 Å². The Balaban J connectivity index is 2.02. The smallest absolute Gasteiger partial charge is 0.299 e. The van der Waals surface area contributed by atoms with Crippen LogP contribution in [-0.4, -0.2) is 42.8 Å². The van der Waals surface area contributed by atoms with E-state index in [4.69, 9.17) is 4.84 Å². The summed E-state index contributed by atoms with van der Waals surface area (Å²) >= 11 is 0. The first-order chi connectivity index (χ1) is 12.7. The summed E-state index contributed by atoms with van der Waals surface area (Å²) in [5, 5.41) is 9.91. The van der Waals surface area contributed by atoms with Crippen LogP contribution in [0.1, 0.15) is 31.2 Å². The highest BCUT2D eigenvalue weighted by atomic mass is 32.2. The van der Waals surface area contributed by atoms with E-state index in [1.165, 1.54) is 31.4 Å². The second-order valence-electron chi connectivity index (χ2n) is 6.10. The Hall–Kier alpha value is -2.46. The number of sulfonamides is 1. The average Bonchev–Trinajstić information content (AvgIpc) is 3.16. The number of nitrogens with zero attached hydrogens (tertiary/aromatic N) is 1. The van der Waals surface area contributed by atoms with Gasteiger partial charge in [-0.15, -0.1) is 0 Å². The molecule has 10 heteroatoms. The lowest BCUT2D eigenvalue weighted by Crippen LogP contribution is -2.38. The van der Waals surface area contributed by atoms with E-state index in [9.17, 15) is 27.5 Å². The van der Waals surface area contributed by atoms with Crippen molar-refractivity contribution in [1.29, 1.82) is 0 Å². The van der Waals surface area contributed by atoms with E-state index < -0.39 is 38.7 Å². The molecule has 0 heterocycles. The van der Waals surface area contributed by atoms with Gasteiger partial charge in [0.2, 0.25) is 10.0 Å². The van der Waals surface area contributed by atoms with Crippen LogP contribution < -0.4 is 4.72 Å². The summed E-state index contributed by atoms with van der Waals surface area (Å²) in [5.41, 5.74) is 0.549. The molecule has 1 fully saturated rings. The van der Waals surface area contributed by atoms with Crippen LogP contribution in [0.3, 0.4) is 0 Å². The molecule has 0 aromatic heterocycles. The number of hydroxylamine groups is 2. The lowest BCUT2D eigenvalue weighted by molar-refractivity contribution is -0.173. The third-order valence-corrected chi connectivity index (χ3v) is 5.99. The maximum absolute atomic E-state index is 12.9. The van der Waals surface area contributed by atoms with Gasteiger partial charge in [0.1, 0.15) is 5.82 Å². The molecule has 0 unspecified atom stereocenters. The first-order valence-electron chi connectivity index (χ1n) is 8.29. The molecule has 1 aliphatic carbocycles. The molecule has 27 heavy (non-hydrogen) atoms. The third kappa shape index (κ3) is 5.76. The molecule has 0 saturated heterocycles. The Morgan fingerprint density at radius 1 is 1.30 bits per heavy atom. The molecule has 0 atom stereocenters. The van der Waals surface area contributed by atoms with Crippen molar-refractivity contribution in [2.75, 3.05) is 7.11 Å². The van der Waals surface area contributed by atoms with Crippen LogP contribution in [0, 0.1) is 5.82 Å². The molecule has 2 N–H and O–H groups in total. The van der Waals surface area contributed by atoms with Gasteiger partial charge < -0.3 is 5.11 Å². The van der Waals surface area contributed by atoms with Gasteiger partial charge >= 0.3 is 0 Å². The van der Waals surface area contributed by atoms with Crippen molar-refractivity contribution in [1.82, 2.24) is 9.79 Å². The molecule has 0 aliphatic heterocycles. The van der Waals surface area contributed by atoms with Crippen LogP contribution in [0.25, 0.3) is 0 Å². The van der Waals surface area contributed by atoms with Crippen LogP contribution in [-0.2, 0) is 31.0 Å². The number of halogens is 1. The molecule has 1 aromatic carbocycles. The number of carbonyl (C=O) groups excluding carboxylic acids is 2. The fourth-order valence-corrected chi connectivity index (χ4v) is 4.19. The van der Waals surface area contributed by atoms with Crippen molar-refractivity contribution < 1.29 is 32.3 Å². The van der Waals surface area contributed by atoms with Crippen LogP contribution in [0.15, 0.2) is 36.1 Å². The summed E-state index contributed by atoms with van der Waals surface area (Å²) in [7, 11) is -2.71. The Morgan fingerprint density at radius 2 is 1.89 bits per heavy atom. The summed E-state index contributed by atoms with van der Waals surface area (Å²) in [5.74, 6) is -3.66.